The molecule has 1 saturated heterocycles. The summed E-state index contributed by atoms with van der Waals surface area (Å²) in [5.74, 6) is 0. The van der Waals surface area contributed by atoms with E-state index in [1.54, 1.807) is 19.0 Å². The van der Waals surface area contributed by atoms with Crippen LogP contribution in [-0.2, 0) is 10.0 Å². The number of nitro benzene ring substituents is 1. The van der Waals surface area contributed by atoms with Crippen LogP contribution in [0.4, 0.5) is 5.69 Å². The second kappa shape index (κ2) is 6.16. The highest BCUT2D eigenvalue weighted by Gasteiger charge is 2.44. The van der Waals surface area contributed by atoms with E-state index in [-0.39, 0.29) is 18.0 Å². The number of nitro groups is 1. The van der Waals surface area contributed by atoms with E-state index in [0.717, 1.165) is 4.31 Å². The lowest BCUT2D eigenvalue weighted by atomic mass is 10.0. The highest BCUT2D eigenvalue weighted by molar-refractivity contribution is 7.89. The Hall–Kier alpha value is -1.55. The van der Waals surface area contributed by atoms with Crippen molar-refractivity contribution in [2.75, 3.05) is 33.7 Å². The van der Waals surface area contributed by atoms with Crippen molar-refractivity contribution in [3.05, 3.63) is 33.9 Å². The first-order valence-corrected chi connectivity index (χ1v) is 8.62. The largest absolute Gasteiger partial charge is 0.387 e. The molecule has 0 bridgehead atoms. The lowest BCUT2D eigenvalue weighted by molar-refractivity contribution is -0.387. The van der Waals surface area contributed by atoms with Crippen LogP contribution in [0.5, 0.6) is 0 Å². The molecule has 23 heavy (non-hydrogen) atoms. The molecule has 1 fully saturated rings. The summed E-state index contributed by atoms with van der Waals surface area (Å²) in [7, 11) is -0.453. The zero-order chi connectivity index (χ0) is 17.4. The highest BCUT2D eigenvalue weighted by Crippen LogP contribution is 2.33. The van der Waals surface area contributed by atoms with Crippen molar-refractivity contribution >= 4 is 15.7 Å². The fourth-order valence-electron chi connectivity index (χ4n) is 2.99. The predicted octanol–water partition coefficient (Wildman–Crippen LogP) is 0.590. The third-order valence-electron chi connectivity index (χ3n) is 3.89. The molecule has 1 aliphatic rings. The molecule has 1 unspecified atom stereocenters. The summed E-state index contributed by atoms with van der Waals surface area (Å²) < 4.78 is 26.8. The number of rotatable bonds is 5. The summed E-state index contributed by atoms with van der Waals surface area (Å²) in [6.45, 7) is 1.92. The number of aryl methyl sites for hydroxylation is 1. The topological polar surface area (TPSA) is 104 Å². The minimum absolute atomic E-state index is 0.0704. The van der Waals surface area contributed by atoms with Gasteiger partial charge in [-0.3, -0.25) is 10.1 Å². The average molecular weight is 343 g/mol. The van der Waals surface area contributed by atoms with Crippen molar-refractivity contribution in [1.82, 2.24) is 9.21 Å². The Labute approximate surface area is 135 Å². The Bertz CT molecular complexity index is 719. The minimum Gasteiger partial charge on any atom is -0.387 e. The first kappa shape index (κ1) is 17.8. The molecule has 0 aromatic heterocycles. The van der Waals surface area contributed by atoms with Crippen molar-refractivity contribution in [2.45, 2.75) is 23.8 Å². The molecule has 128 valence electrons. The van der Waals surface area contributed by atoms with Gasteiger partial charge in [0.1, 0.15) is 0 Å². The third-order valence-corrected chi connectivity index (χ3v) is 5.93. The maximum Gasteiger partial charge on any atom is 0.289 e. The number of β-amino-alcohol motifs (C(OH)–C–C–N with tert-alkyl or cyclic N) is 1. The van der Waals surface area contributed by atoms with E-state index >= 15 is 0 Å². The zero-order valence-corrected chi connectivity index (χ0v) is 14.2. The maximum atomic E-state index is 12.9. The maximum absolute atomic E-state index is 12.9. The van der Waals surface area contributed by atoms with E-state index in [2.05, 4.69) is 0 Å². The van der Waals surface area contributed by atoms with Gasteiger partial charge >= 0.3 is 0 Å². The number of hydrogen-bond donors (Lipinski definition) is 1. The smallest absolute Gasteiger partial charge is 0.289 e. The average Bonchev–Trinajstić information content (AvgIpc) is 2.79. The monoisotopic (exact) mass is 343 g/mol. The zero-order valence-electron chi connectivity index (χ0n) is 13.4. The fraction of sp³-hybridized carbons (Fsp3) is 0.571. The third kappa shape index (κ3) is 3.52. The molecule has 1 atom stereocenters. The molecule has 1 N–H and O–H groups in total. The van der Waals surface area contributed by atoms with Crippen molar-refractivity contribution in [3.63, 3.8) is 0 Å². The standard InChI is InChI=1S/C14H21N3O5S/c1-11-5-4-6-12(17(19)20)13(11)23(21,22)16-8-7-14(18,10-16)9-15(2)3/h4-6,18H,7-10H2,1-3H3. The number of hydrogen-bond acceptors (Lipinski definition) is 6. The molecule has 9 heteroatoms. The van der Waals surface area contributed by atoms with E-state index in [1.165, 1.54) is 25.1 Å². The van der Waals surface area contributed by atoms with Gasteiger partial charge in [-0.25, -0.2) is 8.42 Å². The van der Waals surface area contributed by atoms with Gasteiger partial charge in [0.2, 0.25) is 10.0 Å². The van der Waals surface area contributed by atoms with Crippen LogP contribution < -0.4 is 0 Å². The Kier molecular flexibility index (Phi) is 4.76. The molecule has 0 saturated carbocycles. The molecule has 1 aliphatic heterocycles. The van der Waals surface area contributed by atoms with Gasteiger partial charge in [-0.1, -0.05) is 12.1 Å². The minimum atomic E-state index is -4.04. The van der Waals surface area contributed by atoms with Crippen LogP contribution in [0.15, 0.2) is 23.1 Å². The molecule has 1 heterocycles. The van der Waals surface area contributed by atoms with Crippen molar-refractivity contribution < 1.29 is 18.4 Å². The second-order valence-corrected chi connectivity index (χ2v) is 8.11. The van der Waals surface area contributed by atoms with Gasteiger partial charge < -0.3 is 10.0 Å². The summed E-state index contributed by atoms with van der Waals surface area (Å²) in [4.78, 5) is 12.0. The Morgan fingerprint density at radius 3 is 2.65 bits per heavy atom. The van der Waals surface area contributed by atoms with Gasteiger partial charge in [0.05, 0.1) is 10.5 Å². The summed E-state index contributed by atoms with van der Waals surface area (Å²) in [5, 5.41) is 21.7. The summed E-state index contributed by atoms with van der Waals surface area (Å²) in [6, 6.07) is 4.17. The van der Waals surface area contributed by atoms with Gasteiger partial charge in [0.15, 0.2) is 4.90 Å². The lowest BCUT2D eigenvalue weighted by Crippen LogP contribution is -2.43. The fourth-order valence-corrected chi connectivity index (χ4v) is 4.87. The Balaban J connectivity index is 2.40. The Morgan fingerprint density at radius 1 is 1.43 bits per heavy atom. The SMILES string of the molecule is Cc1cccc([N+](=O)[O-])c1S(=O)(=O)N1CCC(O)(CN(C)C)C1. The van der Waals surface area contributed by atoms with E-state index < -0.39 is 26.2 Å². The van der Waals surface area contributed by atoms with Crippen LogP contribution in [-0.4, -0.2) is 67.0 Å². The van der Waals surface area contributed by atoms with Gasteiger partial charge in [0.25, 0.3) is 5.69 Å². The molecular formula is C14H21N3O5S. The van der Waals surface area contributed by atoms with Crippen molar-refractivity contribution in [1.29, 1.82) is 0 Å². The first-order chi connectivity index (χ1) is 10.6. The lowest BCUT2D eigenvalue weighted by Gasteiger charge is -2.26. The van der Waals surface area contributed by atoms with Crippen LogP contribution in [0, 0.1) is 17.0 Å². The molecule has 1 aromatic rings. The van der Waals surface area contributed by atoms with Gasteiger partial charge in [-0.2, -0.15) is 4.31 Å². The molecule has 0 aliphatic carbocycles. The second-order valence-electron chi connectivity index (χ2n) is 6.23. The first-order valence-electron chi connectivity index (χ1n) is 7.18. The summed E-state index contributed by atoms with van der Waals surface area (Å²) >= 11 is 0. The molecule has 1 aromatic carbocycles. The molecule has 8 nitrogen and oxygen atoms in total. The number of benzene rings is 1. The van der Waals surface area contributed by atoms with E-state index in [9.17, 15) is 23.6 Å². The number of aliphatic hydroxyl groups is 1. The van der Waals surface area contributed by atoms with Gasteiger partial charge in [0, 0.05) is 25.7 Å². The predicted molar refractivity (Wildman–Crippen MR) is 84.7 cm³/mol. The van der Waals surface area contributed by atoms with Crippen LogP contribution in [0.3, 0.4) is 0 Å². The van der Waals surface area contributed by atoms with Crippen LogP contribution in [0.1, 0.15) is 12.0 Å². The van der Waals surface area contributed by atoms with Crippen molar-refractivity contribution in [2.24, 2.45) is 0 Å². The molecule has 0 amide bonds. The normalized spacial score (nSPS) is 22.7. The molecule has 2 rings (SSSR count). The van der Waals surface area contributed by atoms with Gasteiger partial charge in [-0.15, -0.1) is 0 Å². The quantitative estimate of drug-likeness (QED) is 0.620. The van der Waals surface area contributed by atoms with Crippen LogP contribution in [0.2, 0.25) is 0 Å². The molecule has 0 spiro atoms. The van der Waals surface area contributed by atoms with E-state index in [0.29, 0.717) is 18.5 Å². The van der Waals surface area contributed by atoms with E-state index in [1.807, 2.05) is 0 Å². The van der Waals surface area contributed by atoms with Crippen LogP contribution in [0.25, 0.3) is 0 Å². The number of nitrogens with zero attached hydrogens (tertiary/aromatic N) is 3. The van der Waals surface area contributed by atoms with E-state index in [4.69, 9.17) is 0 Å². The Morgan fingerprint density at radius 2 is 2.09 bits per heavy atom. The number of sulfonamides is 1. The summed E-state index contributed by atoms with van der Waals surface area (Å²) in [6.07, 6.45) is 0.296. The van der Waals surface area contributed by atoms with Crippen LogP contribution >= 0.6 is 0 Å². The summed E-state index contributed by atoms with van der Waals surface area (Å²) in [5.41, 5.74) is -1.26. The highest BCUT2D eigenvalue weighted by atomic mass is 32.2. The van der Waals surface area contributed by atoms with Gasteiger partial charge in [-0.05, 0) is 33.0 Å². The van der Waals surface area contributed by atoms with Crippen molar-refractivity contribution in [3.8, 4) is 0 Å². The molecular weight excluding hydrogens is 322 g/mol. The number of likely N-dealkylation sites (N-methyl/N-ethyl adjacent to an activating group) is 1. The molecule has 0 radical (unpaired) electrons.